The maximum Gasteiger partial charge on any atom is 0.0719 e. The molecule has 0 bridgehead atoms. The summed E-state index contributed by atoms with van der Waals surface area (Å²) in [5.74, 6) is 0. The van der Waals surface area contributed by atoms with Crippen LogP contribution in [0.2, 0.25) is 0 Å². The van der Waals surface area contributed by atoms with Gasteiger partial charge in [-0.15, -0.1) is 0 Å². The number of rotatable bonds is 7. The second kappa shape index (κ2) is 7.39. The molecule has 16 heavy (non-hydrogen) atoms. The molecule has 1 unspecified atom stereocenters. The van der Waals surface area contributed by atoms with E-state index in [9.17, 15) is 0 Å². The highest BCUT2D eigenvalue weighted by atomic mass is 16.5. The summed E-state index contributed by atoms with van der Waals surface area (Å²) >= 11 is 0. The number of hydrogen-bond acceptors (Lipinski definition) is 3. The van der Waals surface area contributed by atoms with Gasteiger partial charge in [-0.3, -0.25) is 0 Å². The summed E-state index contributed by atoms with van der Waals surface area (Å²) in [4.78, 5) is 0. The summed E-state index contributed by atoms with van der Waals surface area (Å²) in [5.41, 5.74) is 2.44. The molecular formula is C13H21NO2. The Hall–Kier alpha value is -0.900. The quantitative estimate of drug-likeness (QED) is 0.739. The molecule has 3 nitrogen and oxygen atoms in total. The lowest BCUT2D eigenvalue weighted by Crippen LogP contribution is -2.24. The molecule has 2 N–H and O–H groups in total. The molecule has 1 atom stereocenters. The van der Waals surface area contributed by atoms with Crippen LogP contribution in [-0.2, 0) is 17.9 Å². The van der Waals surface area contributed by atoms with E-state index in [4.69, 9.17) is 9.84 Å². The molecule has 3 heteroatoms. The van der Waals surface area contributed by atoms with Crippen LogP contribution in [0.1, 0.15) is 25.0 Å². The normalized spacial score (nSPS) is 12.7. The van der Waals surface area contributed by atoms with Crippen molar-refractivity contribution in [3.63, 3.8) is 0 Å². The van der Waals surface area contributed by atoms with Crippen LogP contribution in [0.25, 0.3) is 0 Å². The van der Waals surface area contributed by atoms with Crippen molar-refractivity contribution in [2.75, 3.05) is 13.2 Å². The van der Waals surface area contributed by atoms with E-state index >= 15 is 0 Å². The monoisotopic (exact) mass is 223 g/mol. The molecule has 0 aliphatic carbocycles. The first kappa shape index (κ1) is 13.2. The van der Waals surface area contributed by atoms with E-state index in [1.165, 1.54) is 11.1 Å². The van der Waals surface area contributed by atoms with Gasteiger partial charge in [0.2, 0.25) is 0 Å². The zero-order chi connectivity index (χ0) is 11.8. The van der Waals surface area contributed by atoms with Crippen LogP contribution < -0.4 is 5.32 Å². The molecule has 0 amide bonds. The van der Waals surface area contributed by atoms with Gasteiger partial charge in [0.1, 0.15) is 0 Å². The number of aliphatic hydroxyl groups is 1. The highest BCUT2D eigenvalue weighted by Gasteiger charge is 2.02. The van der Waals surface area contributed by atoms with Crippen molar-refractivity contribution in [2.24, 2.45) is 0 Å². The minimum Gasteiger partial charge on any atom is -0.392 e. The molecule has 0 saturated heterocycles. The molecule has 0 aliphatic heterocycles. The van der Waals surface area contributed by atoms with Crippen molar-refractivity contribution in [1.82, 2.24) is 5.32 Å². The van der Waals surface area contributed by atoms with E-state index in [0.29, 0.717) is 13.2 Å². The Kier molecular flexibility index (Phi) is 6.08. The fourth-order valence-electron chi connectivity index (χ4n) is 1.50. The van der Waals surface area contributed by atoms with Crippen LogP contribution in [-0.4, -0.2) is 24.4 Å². The van der Waals surface area contributed by atoms with E-state index in [1.807, 2.05) is 19.1 Å². The SMILES string of the molecule is CCOCc1ccccc1CNCC(C)O. The van der Waals surface area contributed by atoms with Gasteiger partial charge in [0, 0.05) is 19.7 Å². The van der Waals surface area contributed by atoms with Crippen LogP contribution in [0.3, 0.4) is 0 Å². The maximum absolute atomic E-state index is 9.15. The van der Waals surface area contributed by atoms with Gasteiger partial charge in [-0.25, -0.2) is 0 Å². The Labute approximate surface area is 97.4 Å². The molecule has 90 valence electrons. The first-order valence-corrected chi connectivity index (χ1v) is 5.77. The van der Waals surface area contributed by atoms with Crippen LogP contribution in [0.15, 0.2) is 24.3 Å². The minimum absolute atomic E-state index is 0.306. The number of nitrogens with one attached hydrogen (secondary N) is 1. The van der Waals surface area contributed by atoms with E-state index < -0.39 is 0 Å². The second-order valence-corrected chi connectivity index (χ2v) is 3.89. The summed E-state index contributed by atoms with van der Waals surface area (Å²) in [5, 5.41) is 12.4. The molecule has 0 radical (unpaired) electrons. The van der Waals surface area contributed by atoms with Gasteiger partial charge >= 0.3 is 0 Å². The molecule has 0 saturated carbocycles. The Morgan fingerprint density at radius 3 is 2.62 bits per heavy atom. The predicted molar refractivity (Wildman–Crippen MR) is 65.2 cm³/mol. The van der Waals surface area contributed by atoms with Gasteiger partial charge in [-0.05, 0) is 25.0 Å². The fraction of sp³-hybridized carbons (Fsp3) is 0.538. The summed E-state index contributed by atoms with van der Waals surface area (Å²) in [6.07, 6.45) is -0.306. The van der Waals surface area contributed by atoms with E-state index in [-0.39, 0.29) is 6.10 Å². The molecule has 0 aliphatic rings. The second-order valence-electron chi connectivity index (χ2n) is 3.89. The first-order chi connectivity index (χ1) is 7.74. The molecule has 0 spiro atoms. The van der Waals surface area contributed by atoms with Gasteiger partial charge in [-0.2, -0.15) is 0 Å². The van der Waals surface area contributed by atoms with Crippen molar-refractivity contribution in [1.29, 1.82) is 0 Å². The summed E-state index contributed by atoms with van der Waals surface area (Å²) in [6.45, 7) is 6.54. The lowest BCUT2D eigenvalue weighted by Gasteiger charge is -2.11. The predicted octanol–water partition coefficient (Wildman–Crippen LogP) is 1.69. The third-order valence-electron chi connectivity index (χ3n) is 2.34. The summed E-state index contributed by atoms with van der Waals surface area (Å²) in [6, 6.07) is 8.21. The van der Waals surface area contributed by atoms with E-state index in [1.54, 1.807) is 6.92 Å². The third-order valence-corrected chi connectivity index (χ3v) is 2.34. The number of benzene rings is 1. The molecule has 0 heterocycles. The number of hydrogen-bond donors (Lipinski definition) is 2. The topological polar surface area (TPSA) is 41.5 Å². The number of ether oxygens (including phenoxy) is 1. The van der Waals surface area contributed by atoms with Gasteiger partial charge in [0.05, 0.1) is 12.7 Å². The van der Waals surface area contributed by atoms with Crippen molar-refractivity contribution in [3.8, 4) is 0 Å². The van der Waals surface area contributed by atoms with Gasteiger partial charge in [0.25, 0.3) is 0 Å². The first-order valence-electron chi connectivity index (χ1n) is 5.77. The average Bonchev–Trinajstić information content (AvgIpc) is 2.27. The van der Waals surface area contributed by atoms with Crippen molar-refractivity contribution in [2.45, 2.75) is 33.1 Å². The Balaban J connectivity index is 2.49. The van der Waals surface area contributed by atoms with Crippen molar-refractivity contribution < 1.29 is 9.84 Å². The Bertz CT molecular complexity index is 300. The third kappa shape index (κ3) is 4.75. The van der Waals surface area contributed by atoms with Crippen LogP contribution in [0, 0.1) is 0 Å². The molecule has 1 aromatic rings. The van der Waals surface area contributed by atoms with Gasteiger partial charge in [0.15, 0.2) is 0 Å². The maximum atomic E-state index is 9.15. The smallest absolute Gasteiger partial charge is 0.0719 e. The molecule has 1 rings (SSSR count). The van der Waals surface area contributed by atoms with E-state index in [0.717, 1.165) is 13.2 Å². The van der Waals surface area contributed by atoms with Crippen molar-refractivity contribution >= 4 is 0 Å². The fourth-order valence-corrected chi connectivity index (χ4v) is 1.50. The average molecular weight is 223 g/mol. The van der Waals surface area contributed by atoms with Crippen molar-refractivity contribution in [3.05, 3.63) is 35.4 Å². The number of aliphatic hydroxyl groups excluding tert-OH is 1. The zero-order valence-corrected chi connectivity index (χ0v) is 10.1. The van der Waals surface area contributed by atoms with Crippen LogP contribution in [0.4, 0.5) is 0 Å². The lowest BCUT2D eigenvalue weighted by atomic mass is 10.1. The standard InChI is InChI=1S/C13H21NO2/c1-3-16-10-13-7-5-4-6-12(13)9-14-8-11(2)15/h4-7,11,14-15H,3,8-10H2,1-2H3. The summed E-state index contributed by atoms with van der Waals surface area (Å²) in [7, 11) is 0. The van der Waals surface area contributed by atoms with Crippen LogP contribution >= 0.6 is 0 Å². The molecule has 0 aromatic heterocycles. The van der Waals surface area contributed by atoms with Gasteiger partial charge in [-0.1, -0.05) is 24.3 Å². The highest BCUT2D eigenvalue weighted by Crippen LogP contribution is 2.09. The highest BCUT2D eigenvalue weighted by molar-refractivity contribution is 5.26. The molecule has 0 fully saturated rings. The Morgan fingerprint density at radius 2 is 2.00 bits per heavy atom. The summed E-state index contributed by atoms with van der Waals surface area (Å²) < 4.78 is 5.41. The Morgan fingerprint density at radius 1 is 1.31 bits per heavy atom. The molecular weight excluding hydrogens is 202 g/mol. The zero-order valence-electron chi connectivity index (χ0n) is 10.1. The van der Waals surface area contributed by atoms with Crippen LogP contribution in [0.5, 0.6) is 0 Å². The lowest BCUT2D eigenvalue weighted by molar-refractivity contribution is 0.133. The molecule has 1 aromatic carbocycles. The largest absolute Gasteiger partial charge is 0.392 e. The van der Waals surface area contributed by atoms with Gasteiger partial charge < -0.3 is 15.2 Å². The minimum atomic E-state index is -0.306. The van der Waals surface area contributed by atoms with E-state index in [2.05, 4.69) is 17.4 Å².